The number of nitrogens with one attached hydrogen (secondary N) is 10. The highest BCUT2D eigenvalue weighted by molar-refractivity contribution is 5.98. The van der Waals surface area contributed by atoms with Crippen molar-refractivity contribution in [2.24, 2.45) is 11.5 Å². The standard InChI is InChI=1S/C60H91N13O10/c1-3-5-7-8-9-10-11-12-16-29-52(76)67-45(25-6-4-2)54(78)70-47-30-31-51(75)64-32-20-19-27-44(53(61)77)68-57(81)49(35-40-37-66-43-26-18-17-24-42(40)43)71-55(79)46(28-21-33-65-60(62)63)69-56(80)48(34-39-22-14-13-15-23-39)72-58(82)50-36-41(74)38-73(50)59(47)83/h13-15,17-18,22-24,26,37,41,44-50,66,74H,3-12,16,19-21,25,27-36,38H2,1-2H3,(H2,61,77)(H,64,75)(H,67,76)(H,68,81)(H,69,80)(H,70,78)(H,71,79)(H,72,82)(H4,62,63,65)/t41-,44+,45+,46+,47+,48?,49+,50+/m1/s1. The second-order valence-electron chi connectivity index (χ2n) is 22.1. The maximum atomic E-state index is 14.9. The summed E-state index contributed by atoms with van der Waals surface area (Å²) in [6.07, 6.45) is 11.9. The van der Waals surface area contributed by atoms with Crippen molar-refractivity contribution in [3.05, 3.63) is 71.9 Å². The van der Waals surface area contributed by atoms with Gasteiger partial charge in [-0.1, -0.05) is 127 Å². The monoisotopic (exact) mass is 1150 g/mol. The number of para-hydroxylation sites is 1. The number of unbranched alkanes of at least 4 members (excludes halogenated alkanes) is 9. The Balaban J connectivity index is 1.45. The van der Waals surface area contributed by atoms with Gasteiger partial charge in [0.25, 0.3) is 0 Å². The molecule has 9 amide bonds. The van der Waals surface area contributed by atoms with Crippen LogP contribution in [-0.2, 0) is 56.0 Å². The molecule has 3 heterocycles. The van der Waals surface area contributed by atoms with Gasteiger partial charge in [-0.3, -0.25) is 48.6 Å². The van der Waals surface area contributed by atoms with Gasteiger partial charge in [0.05, 0.1) is 6.10 Å². The summed E-state index contributed by atoms with van der Waals surface area (Å²) < 4.78 is 0. The molecule has 8 atom stereocenters. The number of hydrogen-bond donors (Lipinski definition) is 13. The number of benzene rings is 2. The van der Waals surface area contributed by atoms with Gasteiger partial charge >= 0.3 is 0 Å². The van der Waals surface area contributed by atoms with Crippen LogP contribution in [0, 0.1) is 5.41 Å². The molecule has 2 saturated heterocycles. The topological polar surface area (TPSA) is 365 Å². The van der Waals surface area contributed by atoms with Crippen LogP contribution < -0.4 is 54.0 Å². The van der Waals surface area contributed by atoms with E-state index in [2.05, 4.69) is 54.4 Å². The number of carbonyl (C=O) groups is 9. The molecule has 15 N–H and O–H groups in total. The molecular formula is C60H91N13O10. The number of aromatic nitrogens is 1. The first-order chi connectivity index (χ1) is 40.0. The Kier molecular flexibility index (Phi) is 28.3. The number of rotatable bonds is 25. The van der Waals surface area contributed by atoms with Crippen LogP contribution in [0.25, 0.3) is 10.9 Å². The van der Waals surface area contributed by atoms with Crippen molar-refractivity contribution in [2.75, 3.05) is 19.6 Å². The van der Waals surface area contributed by atoms with Gasteiger partial charge in [-0.05, 0) is 68.6 Å². The molecule has 0 saturated carbocycles. The molecule has 0 bridgehead atoms. The van der Waals surface area contributed by atoms with Gasteiger partial charge in [0.2, 0.25) is 53.2 Å². The number of hydrogen-bond acceptors (Lipinski definition) is 11. The predicted octanol–water partition coefficient (Wildman–Crippen LogP) is 2.76. The molecule has 0 aliphatic carbocycles. The first-order valence-electron chi connectivity index (χ1n) is 30.0. The summed E-state index contributed by atoms with van der Waals surface area (Å²) >= 11 is 0. The largest absolute Gasteiger partial charge is 0.391 e. The number of fused-ring (bicyclic) bond motifs is 2. The second-order valence-corrected chi connectivity index (χ2v) is 22.1. The molecule has 2 fully saturated rings. The number of nitrogens with two attached hydrogens (primary N) is 2. The van der Waals surface area contributed by atoms with E-state index in [4.69, 9.17) is 16.9 Å². The Hall–Kier alpha value is -7.56. The minimum atomic E-state index is -1.40. The summed E-state index contributed by atoms with van der Waals surface area (Å²) in [6.45, 7) is 4.07. The van der Waals surface area contributed by atoms with Gasteiger partial charge in [-0.25, -0.2) is 0 Å². The summed E-state index contributed by atoms with van der Waals surface area (Å²) in [6, 6.07) is 7.07. The molecule has 23 heteroatoms. The number of aliphatic hydroxyl groups excluding tert-OH is 1. The van der Waals surface area contributed by atoms with Crippen LogP contribution in [0.2, 0.25) is 0 Å². The highest BCUT2D eigenvalue weighted by Crippen LogP contribution is 2.23. The molecule has 2 aromatic carbocycles. The number of aliphatic hydroxyl groups is 1. The lowest BCUT2D eigenvalue weighted by Gasteiger charge is -2.31. The summed E-state index contributed by atoms with van der Waals surface area (Å²) in [7, 11) is 0. The first-order valence-corrected chi connectivity index (χ1v) is 30.0. The van der Waals surface area contributed by atoms with E-state index >= 15 is 0 Å². The van der Waals surface area contributed by atoms with Crippen LogP contribution in [-0.4, -0.2) is 142 Å². The lowest BCUT2D eigenvalue weighted by molar-refractivity contribution is -0.143. The van der Waals surface area contributed by atoms with Crippen molar-refractivity contribution < 1.29 is 48.3 Å². The van der Waals surface area contributed by atoms with Crippen molar-refractivity contribution in [1.82, 2.24) is 52.4 Å². The summed E-state index contributed by atoms with van der Waals surface area (Å²) in [5.74, 6) is -6.51. The van der Waals surface area contributed by atoms with Crippen LogP contribution >= 0.6 is 0 Å². The van der Waals surface area contributed by atoms with E-state index in [1.165, 1.54) is 25.7 Å². The maximum Gasteiger partial charge on any atom is 0.245 e. The first kappa shape index (κ1) is 66.2. The Bertz CT molecular complexity index is 2620. The fourth-order valence-electron chi connectivity index (χ4n) is 10.6. The van der Waals surface area contributed by atoms with Gasteiger partial charge in [0.15, 0.2) is 5.96 Å². The number of nitrogens with zero attached hydrogens (tertiary/aromatic N) is 1. The lowest BCUT2D eigenvalue weighted by Crippen LogP contribution is -2.60. The number of guanidine groups is 1. The second kappa shape index (κ2) is 35.4. The summed E-state index contributed by atoms with van der Waals surface area (Å²) in [5, 5.41) is 41.8. The number of primary amides is 1. The van der Waals surface area contributed by atoms with Crippen molar-refractivity contribution >= 4 is 70.0 Å². The smallest absolute Gasteiger partial charge is 0.245 e. The minimum absolute atomic E-state index is 0.0434. The molecule has 1 unspecified atom stereocenters. The number of carbonyl (C=O) groups excluding carboxylic acids is 9. The minimum Gasteiger partial charge on any atom is -0.391 e. The zero-order valence-corrected chi connectivity index (χ0v) is 48.5. The van der Waals surface area contributed by atoms with Crippen LogP contribution in [0.1, 0.15) is 160 Å². The molecule has 3 aromatic rings. The normalized spacial score (nSPS) is 22.2. The van der Waals surface area contributed by atoms with E-state index in [9.17, 15) is 48.3 Å². The van der Waals surface area contributed by atoms with E-state index in [-0.39, 0.29) is 95.7 Å². The maximum absolute atomic E-state index is 14.9. The quantitative estimate of drug-likeness (QED) is 0.0331. The molecule has 5 rings (SSSR count). The van der Waals surface area contributed by atoms with E-state index in [0.717, 1.165) is 41.5 Å². The number of amides is 9. The van der Waals surface area contributed by atoms with Gasteiger partial charge < -0.3 is 69.0 Å². The predicted molar refractivity (Wildman–Crippen MR) is 316 cm³/mol. The number of H-pyrrole nitrogens is 1. The molecule has 0 radical (unpaired) electrons. The molecule has 1 aromatic heterocycles. The van der Waals surface area contributed by atoms with Crippen LogP contribution in [0.15, 0.2) is 60.8 Å². The molecule has 456 valence electrons. The highest BCUT2D eigenvalue weighted by Gasteiger charge is 2.43. The van der Waals surface area contributed by atoms with E-state index < -0.39 is 95.7 Å². The molecular weight excluding hydrogens is 1060 g/mol. The summed E-state index contributed by atoms with van der Waals surface area (Å²) in [4.78, 5) is 132. The highest BCUT2D eigenvalue weighted by atomic mass is 16.3. The number of aromatic amines is 1. The molecule has 2 aliphatic heterocycles. The van der Waals surface area contributed by atoms with Crippen molar-refractivity contribution in [2.45, 2.75) is 210 Å². The Labute approximate surface area is 487 Å². The van der Waals surface area contributed by atoms with Crippen molar-refractivity contribution in [3.8, 4) is 0 Å². The molecule has 2 aliphatic rings. The zero-order valence-electron chi connectivity index (χ0n) is 48.5. The average molecular weight is 1150 g/mol. The third-order valence-corrected chi connectivity index (χ3v) is 15.3. The van der Waals surface area contributed by atoms with Gasteiger partial charge in [0, 0.05) is 68.8 Å². The SMILES string of the molecule is CCCCCCCCCCCC(=O)N[C@@H](CCCC)C(=O)N[C@H]1CCC(=O)NCCCC[C@@H](C(N)=O)NC(=O)[C@H](Cc2c[nH]c3ccccc23)NC(=O)[C@H](CCCNC(=N)N)NC(=O)C(Cc2ccccc2)NC(=O)[C@@H]2C[C@@H](O)CN2C1=O. The van der Waals surface area contributed by atoms with Gasteiger partial charge in [-0.15, -0.1) is 0 Å². The Morgan fingerprint density at radius 3 is 2.08 bits per heavy atom. The van der Waals surface area contributed by atoms with Crippen molar-refractivity contribution in [3.63, 3.8) is 0 Å². The van der Waals surface area contributed by atoms with Crippen LogP contribution in [0.5, 0.6) is 0 Å². The average Bonchev–Trinajstić information content (AvgIpc) is 4.09. The zero-order chi connectivity index (χ0) is 60.1. The summed E-state index contributed by atoms with van der Waals surface area (Å²) in [5.41, 5.74) is 13.4. The van der Waals surface area contributed by atoms with Crippen LogP contribution in [0.3, 0.4) is 0 Å². The fraction of sp³-hybridized carbons (Fsp3) is 0.600. The van der Waals surface area contributed by atoms with Crippen molar-refractivity contribution in [1.29, 1.82) is 5.41 Å². The van der Waals surface area contributed by atoms with Crippen LogP contribution in [0.4, 0.5) is 0 Å². The lowest BCUT2D eigenvalue weighted by atomic mass is 10.0. The third-order valence-electron chi connectivity index (χ3n) is 15.3. The Morgan fingerprint density at radius 1 is 0.735 bits per heavy atom. The molecule has 83 heavy (non-hydrogen) atoms. The molecule has 0 spiro atoms. The van der Waals surface area contributed by atoms with E-state index in [1.807, 2.05) is 31.2 Å². The molecule has 23 nitrogen and oxygen atoms in total. The fourth-order valence-corrected chi connectivity index (χ4v) is 10.6. The van der Waals surface area contributed by atoms with E-state index in [1.54, 1.807) is 36.5 Å². The van der Waals surface area contributed by atoms with E-state index in [0.29, 0.717) is 43.2 Å². The van der Waals surface area contributed by atoms with Gasteiger partial charge in [-0.2, -0.15) is 0 Å². The third kappa shape index (κ3) is 22.6. The Morgan fingerprint density at radius 2 is 1.37 bits per heavy atom. The van der Waals surface area contributed by atoms with Gasteiger partial charge in [0.1, 0.15) is 42.3 Å².